The quantitative estimate of drug-likeness (QED) is 0.166. The van der Waals surface area contributed by atoms with Crippen molar-refractivity contribution in [2.24, 2.45) is 0 Å². The van der Waals surface area contributed by atoms with Crippen molar-refractivity contribution >= 4 is 51.6 Å². The molecule has 2 aliphatic rings. The molecule has 0 spiro atoms. The van der Waals surface area contributed by atoms with E-state index in [9.17, 15) is 19.2 Å². The van der Waals surface area contributed by atoms with Crippen LogP contribution < -0.4 is 18.7 Å². The van der Waals surface area contributed by atoms with Crippen LogP contribution in [-0.4, -0.2) is 40.3 Å². The Labute approximate surface area is 237 Å². The molecule has 0 atom stereocenters. The maximum absolute atomic E-state index is 11.9. The van der Waals surface area contributed by atoms with Gasteiger partial charge in [-0.3, -0.25) is 19.2 Å². The van der Waals surface area contributed by atoms with Crippen LogP contribution in [0.1, 0.15) is 25.7 Å². The Morgan fingerprint density at radius 3 is 1.10 bits per heavy atom. The Morgan fingerprint density at radius 2 is 0.800 bits per heavy atom. The van der Waals surface area contributed by atoms with E-state index in [0.717, 1.165) is 59.1 Å². The molecule has 0 aliphatic carbocycles. The lowest BCUT2D eigenvalue weighted by Gasteiger charge is -2.25. The minimum atomic E-state index is -1.92. The van der Waals surface area contributed by atoms with Crippen LogP contribution in [0.15, 0.2) is 72.8 Å². The van der Waals surface area contributed by atoms with E-state index in [0.29, 0.717) is 11.4 Å². The van der Waals surface area contributed by atoms with Crippen LogP contribution in [0.25, 0.3) is 0 Å². The van der Waals surface area contributed by atoms with Gasteiger partial charge < -0.3 is 8.85 Å². The highest BCUT2D eigenvalue weighted by atomic mass is 28.4. The molecule has 40 heavy (non-hydrogen) atoms. The second-order valence-electron chi connectivity index (χ2n) is 11.3. The maximum Gasteiger partial charge on any atom is 0.258 e. The average Bonchev–Trinajstić information content (AvgIpc) is 3.41. The second-order valence-corrected chi connectivity index (χ2v) is 19.8. The van der Waals surface area contributed by atoms with Gasteiger partial charge >= 0.3 is 0 Å². The smallest absolute Gasteiger partial charge is 0.258 e. The molecule has 8 nitrogen and oxygen atoms in total. The van der Waals surface area contributed by atoms with E-state index in [1.807, 2.05) is 24.3 Å². The lowest BCUT2D eigenvalue weighted by Crippen LogP contribution is -2.34. The fourth-order valence-electron chi connectivity index (χ4n) is 4.83. The van der Waals surface area contributed by atoms with Crippen LogP contribution in [-0.2, 0) is 19.2 Å². The van der Waals surface area contributed by atoms with E-state index in [1.165, 1.54) is 24.3 Å². The number of benzene rings is 2. The first-order chi connectivity index (χ1) is 18.9. The third-order valence-corrected chi connectivity index (χ3v) is 11.6. The first kappa shape index (κ1) is 29.2. The molecular formula is C30H36N2O6Si2. The number of nitrogens with zero attached hydrogens (tertiary/aromatic N) is 2. The molecule has 0 radical (unpaired) electrons. The highest BCUT2D eigenvalue weighted by Crippen LogP contribution is 2.28. The summed E-state index contributed by atoms with van der Waals surface area (Å²) < 4.78 is 12.7. The van der Waals surface area contributed by atoms with E-state index >= 15 is 0 Å². The summed E-state index contributed by atoms with van der Waals surface area (Å²) in [4.78, 5) is 49.8. The molecule has 0 bridgehead atoms. The molecule has 10 heteroatoms. The van der Waals surface area contributed by atoms with Crippen molar-refractivity contribution in [2.45, 2.75) is 64.0 Å². The topological polar surface area (TPSA) is 93.2 Å². The summed E-state index contributed by atoms with van der Waals surface area (Å²) in [5, 5.41) is 0. The van der Waals surface area contributed by atoms with Gasteiger partial charge in [-0.2, -0.15) is 0 Å². The van der Waals surface area contributed by atoms with Crippen LogP contribution in [0.5, 0.6) is 11.5 Å². The Kier molecular flexibility index (Phi) is 8.90. The normalized spacial score (nSPS) is 15.5. The molecule has 4 amide bonds. The van der Waals surface area contributed by atoms with Gasteiger partial charge in [0.05, 0.1) is 11.4 Å². The van der Waals surface area contributed by atoms with Gasteiger partial charge in [0.15, 0.2) is 0 Å². The molecule has 0 N–H and O–H groups in total. The van der Waals surface area contributed by atoms with Crippen LogP contribution in [0.3, 0.4) is 0 Å². The van der Waals surface area contributed by atoms with Gasteiger partial charge in [0.1, 0.15) is 11.5 Å². The molecule has 0 unspecified atom stereocenters. The number of hydrogen-bond donors (Lipinski definition) is 0. The molecule has 0 fully saturated rings. The maximum atomic E-state index is 11.9. The van der Waals surface area contributed by atoms with Crippen molar-refractivity contribution in [3.63, 3.8) is 0 Å². The summed E-state index contributed by atoms with van der Waals surface area (Å²) in [6, 6.07) is 16.4. The van der Waals surface area contributed by atoms with E-state index in [1.54, 1.807) is 24.3 Å². The zero-order valence-electron chi connectivity index (χ0n) is 23.5. The molecular weight excluding hydrogens is 541 g/mol. The van der Waals surface area contributed by atoms with E-state index in [-0.39, 0.29) is 23.6 Å². The van der Waals surface area contributed by atoms with Crippen LogP contribution in [0.4, 0.5) is 11.4 Å². The summed E-state index contributed by atoms with van der Waals surface area (Å²) in [5.74, 6) is 0.225. The third-order valence-electron chi connectivity index (χ3n) is 6.90. The summed E-state index contributed by atoms with van der Waals surface area (Å²) in [6.45, 7) is 8.83. The van der Waals surface area contributed by atoms with Crippen LogP contribution in [0, 0.1) is 0 Å². The fourth-order valence-corrected chi connectivity index (χ4v) is 8.79. The zero-order valence-corrected chi connectivity index (χ0v) is 25.5. The highest BCUT2D eigenvalue weighted by molar-refractivity contribution is 6.72. The van der Waals surface area contributed by atoms with Crippen molar-refractivity contribution in [1.29, 1.82) is 0 Å². The lowest BCUT2D eigenvalue weighted by molar-refractivity contribution is -0.121. The minimum absolute atomic E-state index is 0.326. The van der Waals surface area contributed by atoms with Gasteiger partial charge in [-0.25, -0.2) is 9.80 Å². The van der Waals surface area contributed by atoms with Crippen molar-refractivity contribution in [3.8, 4) is 11.5 Å². The van der Waals surface area contributed by atoms with Crippen molar-refractivity contribution in [3.05, 3.63) is 72.8 Å². The SMILES string of the molecule is C[Si](C)(CCCCCC[Si](C)(C)Oc1ccc(N2C(=O)C=CC2=O)cc1)Oc1ccc(N2C(=O)C=CC2=O)cc1. The Hall–Kier alpha value is -3.77. The second kappa shape index (κ2) is 12.2. The molecule has 210 valence electrons. The van der Waals surface area contributed by atoms with Gasteiger partial charge in [0, 0.05) is 24.3 Å². The van der Waals surface area contributed by atoms with Crippen LogP contribution >= 0.6 is 0 Å². The number of carbonyl (C=O) groups is 4. The molecule has 0 aromatic heterocycles. The van der Waals surface area contributed by atoms with Crippen molar-refractivity contribution in [2.75, 3.05) is 9.80 Å². The fraction of sp³-hybridized carbons (Fsp3) is 0.333. The monoisotopic (exact) mass is 576 g/mol. The molecule has 4 rings (SSSR count). The zero-order chi connectivity index (χ0) is 28.9. The number of carbonyl (C=O) groups excluding carboxylic acids is 4. The molecule has 0 saturated carbocycles. The van der Waals surface area contributed by atoms with Crippen LogP contribution in [0.2, 0.25) is 38.3 Å². The number of anilines is 2. The van der Waals surface area contributed by atoms with Crippen molar-refractivity contribution in [1.82, 2.24) is 0 Å². The Bertz CT molecular complexity index is 1190. The van der Waals surface area contributed by atoms with E-state index < -0.39 is 16.6 Å². The van der Waals surface area contributed by atoms with Gasteiger partial charge in [-0.05, 0) is 86.8 Å². The summed E-state index contributed by atoms with van der Waals surface area (Å²) in [6.07, 6.45) is 9.59. The lowest BCUT2D eigenvalue weighted by atomic mass is 10.2. The van der Waals surface area contributed by atoms with E-state index in [2.05, 4.69) is 26.2 Å². The van der Waals surface area contributed by atoms with Crippen molar-refractivity contribution < 1.29 is 28.0 Å². The third kappa shape index (κ3) is 7.45. The highest BCUT2D eigenvalue weighted by Gasteiger charge is 2.28. The number of imide groups is 2. The average molecular weight is 577 g/mol. The number of hydrogen-bond acceptors (Lipinski definition) is 6. The standard InChI is InChI=1S/C30H36N2O6Si2/c1-39(2,37-25-13-9-23(10-14-25)31-27(33)17-18-28(31)34)21-7-5-6-8-22-40(3,4)38-26-15-11-24(12-16-26)32-29(35)19-20-30(32)36/h9-20H,5-8,21-22H2,1-4H3. The summed E-state index contributed by atoms with van der Waals surface area (Å²) >= 11 is 0. The number of amides is 4. The van der Waals surface area contributed by atoms with E-state index in [4.69, 9.17) is 8.85 Å². The first-order valence-corrected chi connectivity index (χ1v) is 19.9. The largest absolute Gasteiger partial charge is 0.544 e. The molecule has 2 aliphatic heterocycles. The predicted molar refractivity (Wildman–Crippen MR) is 160 cm³/mol. The summed E-state index contributed by atoms with van der Waals surface area (Å²) in [7, 11) is -3.83. The Balaban J connectivity index is 1.15. The first-order valence-electron chi connectivity index (χ1n) is 13.6. The number of rotatable bonds is 13. The molecule has 2 aromatic rings. The Morgan fingerprint density at radius 1 is 0.500 bits per heavy atom. The minimum Gasteiger partial charge on any atom is -0.544 e. The predicted octanol–water partition coefficient (Wildman–Crippen LogP) is 5.97. The molecule has 2 aromatic carbocycles. The molecule has 2 heterocycles. The van der Waals surface area contributed by atoms with Gasteiger partial charge in [-0.15, -0.1) is 0 Å². The van der Waals surface area contributed by atoms with Gasteiger partial charge in [0.25, 0.3) is 23.6 Å². The van der Waals surface area contributed by atoms with Gasteiger partial charge in [-0.1, -0.05) is 25.7 Å². The number of unbranched alkanes of at least 4 members (excludes halogenated alkanes) is 3. The van der Waals surface area contributed by atoms with Gasteiger partial charge in [0.2, 0.25) is 16.6 Å². The summed E-state index contributed by atoms with van der Waals surface area (Å²) in [5.41, 5.74) is 1.10. The molecule has 0 saturated heterocycles.